The highest BCUT2D eigenvalue weighted by atomic mass is 79.9. The van der Waals surface area contributed by atoms with Gasteiger partial charge < -0.3 is 43.2 Å². The summed E-state index contributed by atoms with van der Waals surface area (Å²) in [4.78, 5) is 62.9. The molecule has 1 amide bonds. The second-order valence-corrected chi connectivity index (χ2v) is 10.3. The first-order valence-electron chi connectivity index (χ1n) is 12.3. The van der Waals surface area contributed by atoms with E-state index in [-0.39, 0.29) is 26.4 Å². The van der Waals surface area contributed by atoms with Gasteiger partial charge in [0.05, 0.1) is 26.9 Å². The summed E-state index contributed by atoms with van der Waals surface area (Å²) >= 11 is 3.25. The summed E-state index contributed by atoms with van der Waals surface area (Å²) in [5.74, 6) is -3.64. The predicted octanol–water partition coefficient (Wildman–Crippen LogP) is 0.655. The topological polar surface area (TPSA) is 220 Å². The smallest absolute Gasteiger partial charge is 0.327 e. The lowest BCUT2D eigenvalue weighted by atomic mass is 9.96. The van der Waals surface area contributed by atoms with Gasteiger partial charge in [-0.3, -0.25) is 24.0 Å². The minimum absolute atomic E-state index is 0.00534. The second kappa shape index (κ2) is 17.7. The molecule has 17 nitrogen and oxygen atoms in total. The molecule has 0 radical (unpaired) electrons. The Kier molecular flexibility index (Phi) is 15.6. The zero-order chi connectivity index (χ0) is 31.2. The van der Waals surface area contributed by atoms with Crippen LogP contribution in [0.1, 0.15) is 34.6 Å². The molecule has 1 saturated heterocycles. The zero-order valence-electron chi connectivity index (χ0n) is 23.5. The van der Waals surface area contributed by atoms with Crippen molar-refractivity contribution in [2.24, 2.45) is 5.11 Å². The lowest BCUT2D eigenvalue weighted by molar-refractivity contribution is -0.319. The van der Waals surface area contributed by atoms with Crippen LogP contribution in [-0.2, 0) is 61.9 Å². The van der Waals surface area contributed by atoms with Gasteiger partial charge in [-0.15, -0.1) is 0 Å². The molecule has 1 rings (SSSR count). The van der Waals surface area contributed by atoms with Gasteiger partial charge in [-0.25, -0.2) is 0 Å². The number of carbonyl (C=O) groups is 5. The molecule has 1 aliphatic rings. The van der Waals surface area contributed by atoms with Crippen LogP contribution in [0.5, 0.6) is 0 Å². The molecule has 1 heterocycles. The highest BCUT2D eigenvalue weighted by Crippen LogP contribution is 2.33. The molecular formula is C23H35BrN4O13. The first kappa shape index (κ1) is 36.0. The van der Waals surface area contributed by atoms with E-state index in [0.29, 0.717) is 0 Å². The number of halogens is 1. The lowest BCUT2D eigenvalue weighted by Gasteiger charge is -2.46. The first-order chi connectivity index (χ1) is 19.2. The summed E-state index contributed by atoms with van der Waals surface area (Å²) in [6.07, 6.45) is -6.97. The molecule has 0 saturated carbocycles. The molecular weight excluding hydrogens is 620 g/mol. The van der Waals surface area contributed by atoms with Crippen LogP contribution < -0.4 is 5.32 Å². The molecule has 0 aliphatic carbocycles. The predicted molar refractivity (Wildman–Crippen MR) is 139 cm³/mol. The number of alkyl halides is 1. The number of nitrogens with zero attached hydrogens (tertiary/aromatic N) is 3. The maximum atomic E-state index is 12.6. The summed E-state index contributed by atoms with van der Waals surface area (Å²) < 4.78 is 42.1. The van der Waals surface area contributed by atoms with E-state index in [0.717, 1.165) is 27.9 Å². The van der Waals surface area contributed by atoms with Gasteiger partial charge in [0.15, 0.2) is 29.1 Å². The van der Waals surface area contributed by atoms with Gasteiger partial charge in [-0.1, -0.05) is 21.0 Å². The molecule has 18 heteroatoms. The van der Waals surface area contributed by atoms with Crippen LogP contribution in [0.2, 0.25) is 0 Å². The van der Waals surface area contributed by atoms with E-state index in [9.17, 15) is 24.0 Å². The Morgan fingerprint density at radius 1 is 1.02 bits per heavy atom. The van der Waals surface area contributed by atoms with Crippen molar-refractivity contribution >= 4 is 45.7 Å². The van der Waals surface area contributed by atoms with E-state index in [1.54, 1.807) is 0 Å². The number of nitrogens with one attached hydrogen (secondary N) is 1. The highest BCUT2D eigenvalue weighted by Gasteiger charge is 2.54. The summed E-state index contributed by atoms with van der Waals surface area (Å²) in [6, 6.07) is -1.30. The van der Waals surface area contributed by atoms with E-state index in [1.165, 1.54) is 13.8 Å². The number of rotatable bonds is 16. The van der Waals surface area contributed by atoms with Crippen LogP contribution >= 0.6 is 15.9 Å². The number of ether oxygens (including phenoxy) is 8. The maximum absolute atomic E-state index is 12.6. The first-order valence-corrected chi connectivity index (χ1v) is 13.1. The number of azide groups is 1. The standard InChI is InChI=1S/C23H35BrN4O13/c1-12(29)27-17-19(39-15(4)32)18(38-14(3)31)16(11-37-13(2)30)40-20(17)41-22(23(5,24)21(33)34-6)36-10-9-35-8-7-26-28-25/h16-20,22H,7-11H2,1-6H3,(H,27,29)/t16-,17-,18-,19-,20+,22-,23+/m1/s1. The molecule has 41 heavy (non-hydrogen) atoms. The Labute approximate surface area is 244 Å². The average Bonchev–Trinajstić information content (AvgIpc) is 2.87. The molecule has 7 atom stereocenters. The molecule has 232 valence electrons. The van der Waals surface area contributed by atoms with Crippen molar-refractivity contribution in [2.75, 3.05) is 40.1 Å². The van der Waals surface area contributed by atoms with Gasteiger partial charge in [0.25, 0.3) is 0 Å². The minimum atomic E-state index is -1.65. The van der Waals surface area contributed by atoms with Gasteiger partial charge in [0.1, 0.15) is 18.8 Å². The molecule has 1 N–H and O–H groups in total. The average molecular weight is 655 g/mol. The molecule has 0 aromatic rings. The summed E-state index contributed by atoms with van der Waals surface area (Å²) in [5.41, 5.74) is 8.34. The maximum Gasteiger partial charge on any atom is 0.327 e. The highest BCUT2D eigenvalue weighted by molar-refractivity contribution is 9.10. The summed E-state index contributed by atoms with van der Waals surface area (Å²) in [5, 5.41) is 5.90. The lowest BCUT2D eigenvalue weighted by Crippen LogP contribution is -2.67. The van der Waals surface area contributed by atoms with Crippen molar-refractivity contribution in [2.45, 2.75) is 75.9 Å². The van der Waals surface area contributed by atoms with E-state index in [2.05, 4.69) is 31.3 Å². The quantitative estimate of drug-likeness (QED) is 0.0353. The minimum Gasteiger partial charge on any atom is -0.468 e. The fourth-order valence-corrected chi connectivity index (χ4v) is 4.02. The fourth-order valence-electron chi connectivity index (χ4n) is 3.61. The van der Waals surface area contributed by atoms with Gasteiger partial charge in [0.2, 0.25) is 5.91 Å². The number of esters is 4. The Morgan fingerprint density at radius 2 is 1.66 bits per heavy atom. The van der Waals surface area contributed by atoms with Crippen molar-refractivity contribution in [3.8, 4) is 0 Å². The third-order valence-electron chi connectivity index (χ3n) is 5.25. The van der Waals surface area contributed by atoms with Crippen LogP contribution in [-0.4, -0.2) is 111 Å². The number of hydrogen-bond donors (Lipinski definition) is 1. The normalized spacial score (nSPS) is 24.0. The van der Waals surface area contributed by atoms with Gasteiger partial charge in [0, 0.05) is 39.2 Å². The number of carbonyl (C=O) groups excluding carboxylic acids is 5. The van der Waals surface area contributed by atoms with Crippen molar-refractivity contribution in [3.05, 3.63) is 10.4 Å². The van der Waals surface area contributed by atoms with Crippen molar-refractivity contribution in [1.29, 1.82) is 0 Å². The Morgan fingerprint density at radius 3 is 2.20 bits per heavy atom. The third kappa shape index (κ3) is 12.2. The van der Waals surface area contributed by atoms with Crippen molar-refractivity contribution < 1.29 is 61.9 Å². The summed E-state index contributed by atoms with van der Waals surface area (Å²) in [7, 11) is 1.14. The molecule has 1 fully saturated rings. The largest absolute Gasteiger partial charge is 0.468 e. The molecule has 0 aromatic carbocycles. The molecule has 1 aliphatic heterocycles. The summed E-state index contributed by atoms with van der Waals surface area (Å²) in [6.45, 7) is 5.55. The van der Waals surface area contributed by atoms with Gasteiger partial charge in [-0.05, 0) is 12.5 Å². The Bertz CT molecular complexity index is 975. The van der Waals surface area contributed by atoms with Crippen molar-refractivity contribution in [1.82, 2.24) is 5.32 Å². The number of amides is 1. The molecule has 0 bridgehead atoms. The van der Waals surface area contributed by atoms with E-state index in [4.69, 9.17) is 43.4 Å². The van der Waals surface area contributed by atoms with Gasteiger partial charge in [-0.2, -0.15) is 0 Å². The van der Waals surface area contributed by atoms with Crippen LogP contribution in [0.25, 0.3) is 10.4 Å². The van der Waals surface area contributed by atoms with E-state index < -0.39 is 77.6 Å². The Balaban J connectivity index is 3.42. The third-order valence-corrected chi connectivity index (χ3v) is 5.95. The SMILES string of the molecule is COC(=O)[C@](C)(Br)[C@H](OCCOCCN=[N+]=[N-])O[C@@H]1O[C@H](COC(C)=O)[C@@H](OC(C)=O)[C@H](OC(C)=O)[C@H]1NC(C)=O. The second-order valence-electron chi connectivity index (χ2n) is 8.69. The molecule has 0 spiro atoms. The number of methoxy groups -OCH3 is 1. The fraction of sp³-hybridized carbons (Fsp3) is 0.783. The molecule has 0 aromatic heterocycles. The van der Waals surface area contributed by atoms with Crippen LogP contribution in [0.3, 0.4) is 0 Å². The monoisotopic (exact) mass is 654 g/mol. The van der Waals surface area contributed by atoms with Crippen molar-refractivity contribution in [3.63, 3.8) is 0 Å². The number of hydrogen-bond acceptors (Lipinski definition) is 14. The van der Waals surface area contributed by atoms with Crippen LogP contribution in [0.4, 0.5) is 0 Å². The van der Waals surface area contributed by atoms with E-state index >= 15 is 0 Å². The molecule has 0 unspecified atom stereocenters. The van der Waals surface area contributed by atoms with Crippen LogP contribution in [0, 0.1) is 0 Å². The van der Waals surface area contributed by atoms with Crippen LogP contribution in [0.15, 0.2) is 5.11 Å². The Hall–Kier alpha value is -3.02. The van der Waals surface area contributed by atoms with E-state index in [1.807, 2.05) is 0 Å². The van der Waals surface area contributed by atoms with Gasteiger partial charge >= 0.3 is 23.9 Å². The zero-order valence-corrected chi connectivity index (χ0v) is 25.1.